The third-order valence-electron chi connectivity index (χ3n) is 2.72. The minimum Gasteiger partial charge on any atom is -0.323 e. The van der Waals surface area contributed by atoms with E-state index in [0.717, 1.165) is 11.1 Å². The highest BCUT2D eigenvalue weighted by Crippen LogP contribution is 2.22. The van der Waals surface area contributed by atoms with Crippen molar-refractivity contribution in [1.29, 1.82) is 0 Å². The molecule has 0 fully saturated rings. The normalized spacial score (nSPS) is 13.0. The number of hydrogen-bond donors (Lipinski definition) is 1. The number of nitrogens with zero attached hydrogens (tertiary/aromatic N) is 1. The van der Waals surface area contributed by atoms with Gasteiger partial charge in [0.05, 0.1) is 10.4 Å². The zero-order valence-electron chi connectivity index (χ0n) is 9.20. The lowest BCUT2D eigenvalue weighted by Gasteiger charge is -2.13. The summed E-state index contributed by atoms with van der Waals surface area (Å²) in [7, 11) is 1.71. The van der Waals surface area contributed by atoms with Crippen LogP contribution in [0.2, 0.25) is 5.02 Å². The molecule has 1 atom stereocenters. The van der Waals surface area contributed by atoms with E-state index < -0.39 is 0 Å². The van der Waals surface area contributed by atoms with E-state index in [-0.39, 0.29) is 11.6 Å². The maximum atomic E-state index is 12.1. The molecule has 2 N–H and O–H groups in total. The second-order valence-corrected chi connectivity index (χ2v) is 4.33. The highest BCUT2D eigenvalue weighted by molar-refractivity contribution is 6.35. The van der Waals surface area contributed by atoms with Crippen LogP contribution in [0.3, 0.4) is 0 Å². The van der Waals surface area contributed by atoms with Gasteiger partial charge in [-0.05, 0) is 24.4 Å². The van der Waals surface area contributed by atoms with Crippen molar-refractivity contribution in [3.8, 4) is 0 Å². The highest BCUT2D eigenvalue weighted by atomic mass is 35.5. The summed E-state index contributed by atoms with van der Waals surface area (Å²) >= 11 is 6.02. The topological polar surface area (TPSA) is 48.0 Å². The number of halogens is 1. The molecular formula is C12H13ClN2O. The van der Waals surface area contributed by atoms with Crippen molar-refractivity contribution in [2.75, 3.05) is 0 Å². The molecule has 84 valence electrons. The lowest BCUT2D eigenvalue weighted by Crippen LogP contribution is -2.24. The first-order valence-corrected chi connectivity index (χ1v) is 5.44. The summed E-state index contributed by atoms with van der Waals surface area (Å²) in [6.45, 7) is 1.85. The van der Waals surface area contributed by atoms with Gasteiger partial charge < -0.3 is 10.3 Å². The van der Waals surface area contributed by atoms with Gasteiger partial charge in [0.15, 0.2) is 0 Å². The average Bonchev–Trinajstić information content (AvgIpc) is 2.22. The van der Waals surface area contributed by atoms with Gasteiger partial charge in [-0.2, -0.15) is 0 Å². The Bertz CT molecular complexity index is 602. The van der Waals surface area contributed by atoms with Gasteiger partial charge in [0.1, 0.15) is 0 Å². The van der Waals surface area contributed by atoms with Crippen LogP contribution in [0.5, 0.6) is 0 Å². The van der Waals surface area contributed by atoms with Crippen LogP contribution in [0.25, 0.3) is 10.8 Å². The molecule has 0 saturated carbocycles. The first-order valence-electron chi connectivity index (χ1n) is 5.06. The number of fused-ring (bicyclic) bond motifs is 1. The van der Waals surface area contributed by atoms with Crippen molar-refractivity contribution in [3.05, 3.63) is 45.3 Å². The van der Waals surface area contributed by atoms with Crippen molar-refractivity contribution in [2.24, 2.45) is 12.8 Å². The van der Waals surface area contributed by atoms with Crippen LogP contribution in [0, 0.1) is 0 Å². The maximum Gasteiger partial charge on any atom is 0.259 e. The number of benzene rings is 1. The summed E-state index contributed by atoms with van der Waals surface area (Å²) in [5.41, 5.74) is 6.52. The van der Waals surface area contributed by atoms with Crippen molar-refractivity contribution in [3.63, 3.8) is 0 Å². The molecule has 0 saturated heterocycles. The van der Waals surface area contributed by atoms with Gasteiger partial charge in [0.2, 0.25) is 0 Å². The Labute approximate surface area is 98.4 Å². The molecule has 2 rings (SSSR count). The van der Waals surface area contributed by atoms with Crippen molar-refractivity contribution >= 4 is 22.4 Å². The van der Waals surface area contributed by atoms with Crippen LogP contribution in [0.4, 0.5) is 0 Å². The van der Waals surface area contributed by atoms with Crippen LogP contribution in [0.1, 0.15) is 18.7 Å². The minimum absolute atomic E-state index is 0.101. The van der Waals surface area contributed by atoms with Crippen LogP contribution in [-0.2, 0) is 7.05 Å². The van der Waals surface area contributed by atoms with Crippen LogP contribution in [-0.4, -0.2) is 4.57 Å². The lowest BCUT2D eigenvalue weighted by atomic mass is 10.1. The summed E-state index contributed by atoms with van der Waals surface area (Å²) in [6.07, 6.45) is 0. The first-order chi connectivity index (χ1) is 7.52. The molecule has 1 heterocycles. The first kappa shape index (κ1) is 11.2. The van der Waals surface area contributed by atoms with Gasteiger partial charge in [0.25, 0.3) is 5.56 Å². The predicted octanol–water partition coefficient (Wildman–Crippen LogP) is 2.21. The lowest BCUT2D eigenvalue weighted by molar-refractivity contribution is 0.691. The van der Waals surface area contributed by atoms with E-state index in [0.29, 0.717) is 10.4 Å². The van der Waals surface area contributed by atoms with Gasteiger partial charge in [-0.1, -0.05) is 23.7 Å². The molecule has 1 aromatic carbocycles. The van der Waals surface area contributed by atoms with Crippen molar-refractivity contribution < 1.29 is 0 Å². The van der Waals surface area contributed by atoms with Crippen molar-refractivity contribution in [2.45, 2.75) is 13.0 Å². The van der Waals surface area contributed by atoms with Gasteiger partial charge in [-0.3, -0.25) is 4.79 Å². The van der Waals surface area contributed by atoms with E-state index in [9.17, 15) is 4.79 Å². The summed E-state index contributed by atoms with van der Waals surface area (Å²) in [6, 6.07) is 7.15. The van der Waals surface area contributed by atoms with E-state index in [2.05, 4.69) is 0 Å². The Hall–Kier alpha value is -1.32. The average molecular weight is 237 g/mol. The molecular weight excluding hydrogens is 224 g/mol. The number of pyridine rings is 1. The van der Waals surface area contributed by atoms with Crippen molar-refractivity contribution in [1.82, 2.24) is 4.57 Å². The van der Waals surface area contributed by atoms with Crippen LogP contribution in [0.15, 0.2) is 29.1 Å². The molecule has 0 radical (unpaired) electrons. The van der Waals surface area contributed by atoms with Gasteiger partial charge in [-0.15, -0.1) is 0 Å². The van der Waals surface area contributed by atoms with Gasteiger partial charge >= 0.3 is 0 Å². The Balaban J connectivity index is 2.95. The third kappa shape index (κ3) is 1.62. The highest BCUT2D eigenvalue weighted by Gasteiger charge is 2.11. The SMILES string of the molecule is CC(N)c1cc2cccc(Cl)c2c(=O)n1C. The van der Waals surface area contributed by atoms with Gasteiger partial charge in [-0.25, -0.2) is 0 Å². The monoisotopic (exact) mass is 236 g/mol. The molecule has 0 aliphatic heterocycles. The van der Waals surface area contributed by atoms with E-state index in [1.807, 2.05) is 25.1 Å². The van der Waals surface area contributed by atoms with Gasteiger partial charge in [0, 0.05) is 18.8 Å². The quantitative estimate of drug-likeness (QED) is 0.825. The molecule has 0 spiro atoms. The number of nitrogens with two attached hydrogens (primary N) is 1. The number of rotatable bonds is 1. The molecule has 0 bridgehead atoms. The minimum atomic E-state index is -0.180. The summed E-state index contributed by atoms with van der Waals surface area (Å²) in [5.74, 6) is 0. The standard InChI is InChI=1S/C12H13ClN2O/c1-7(14)10-6-8-4-3-5-9(13)11(8)12(16)15(10)2/h3-7H,14H2,1-2H3. The Kier molecular flexibility index (Phi) is 2.74. The van der Waals surface area contributed by atoms with E-state index in [4.69, 9.17) is 17.3 Å². The van der Waals surface area contributed by atoms with E-state index in [1.165, 1.54) is 0 Å². The zero-order chi connectivity index (χ0) is 11.9. The number of hydrogen-bond acceptors (Lipinski definition) is 2. The van der Waals surface area contributed by atoms with E-state index >= 15 is 0 Å². The molecule has 4 heteroatoms. The molecule has 0 aliphatic rings. The fraction of sp³-hybridized carbons (Fsp3) is 0.250. The molecule has 16 heavy (non-hydrogen) atoms. The maximum absolute atomic E-state index is 12.1. The summed E-state index contributed by atoms with van der Waals surface area (Å²) in [4.78, 5) is 12.1. The molecule has 1 unspecified atom stereocenters. The molecule has 1 aromatic heterocycles. The Morgan fingerprint density at radius 3 is 2.75 bits per heavy atom. The van der Waals surface area contributed by atoms with Crippen LogP contribution >= 0.6 is 11.6 Å². The predicted molar refractivity (Wildman–Crippen MR) is 66.8 cm³/mol. The fourth-order valence-electron chi connectivity index (χ4n) is 1.86. The molecule has 3 nitrogen and oxygen atoms in total. The largest absolute Gasteiger partial charge is 0.323 e. The Morgan fingerprint density at radius 2 is 2.12 bits per heavy atom. The van der Waals surface area contributed by atoms with E-state index in [1.54, 1.807) is 17.7 Å². The second-order valence-electron chi connectivity index (χ2n) is 3.93. The Morgan fingerprint density at radius 1 is 1.44 bits per heavy atom. The smallest absolute Gasteiger partial charge is 0.259 e. The number of aromatic nitrogens is 1. The zero-order valence-corrected chi connectivity index (χ0v) is 9.95. The fourth-order valence-corrected chi connectivity index (χ4v) is 2.13. The molecule has 2 aromatic rings. The van der Waals surface area contributed by atoms with Crippen LogP contribution < -0.4 is 11.3 Å². The molecule has 0 aliphatic carbocycles. The second kappa shape index (κ2) is 3.92. The third-order valence-corrected chi connectivity index (χ3v) is 3.04. The molecule has 0 amide bonds. The summed E-state index contributed by atoms with van der Waals surface area (Å²) in [5, 5.41) is 1.87. The summed E-state index contributed by atoms with van der Waals surface area (Å²) < 4.78 is 1.55.